The maximum Gasteiger partial charge on any atom is 0.295 e. The molecule has 0 aliphatic carbocycles. The molecule has 4 aromatic rings. The summed E-state index contributed by atoms with van der Waals surface area (Å²) >= 11 is 0. The van der Waals surface area contributed by atoms with E-state index in [1.807, 2.05) is 0 Å². The standard InChI is InChI=1S/C21H14N4O4/c26-18(23-24-19(27)14-9-11-22-12-10-14)13-5-7-15(8-6-13)25-20(28)16-3-1-2-4-17(16)21(25)29/h1-12,28-29H. The highest BCUT2D eigenvalue weighted by Gasteiger charge is 2.17. The molecule has 2 aromatic carbocycles. The molecule has 142 valence electrons. The van der Waals surface area contributed by atoms with Crippen molar-refractivity contribution in [2.24, 2.45) is 10.2 Å². The number of nitrogens with zero attached hydrogens (tertiary/aromatic N) is 4. The Bertz CT molecular complexity index is 1210. The Morgan fingerprint density at radius 2 is 1.21 bits per heavy atom. The van der Waals surface area contributed by atoms with Crippen LogP contribution in [0.15, 0.2) is 83.3 Å². The number of amides is 2. The lowest BCUT2D eigenvalue weighted by atomic mass is 10.2. The highest BCUT2D eigenvalue weighted by atomic mass is 16.3. The molecule has 29 heavy (non-hydrogen) atoms. The molecule has 8 nitrogen and oxygen atoms in total. The van der Waals surface area contributed by atoms with Crippen LogP contribution in [0, 0.1) is 0 Å². The molecule has 8 heteroatoms. The van der Waals surface area contributed by atoms with Crippen LogP contribution in [0.5, 0.6) is 11.8 Å². The number of hydrogen-bond acceptors (Lipinski definition) is 5. The monoisotopic (exact) mass is 386 g/mol. The number of aromatic nitrogens is 2. The van der Waals surface area contributed by atoms with Crippen LogP contribution >= 0.6 is 0 Å². The third kappa shape index (κ3) is 3.34. The molecule has 2 heterocycles. The molecule has 2 aromatic heterocycles. The Morgan fingerprint density at radius 1 is 0.724 bits per heavy atom. The summed E-state index contributed by atoms with van der Waals surface area (Å²) < 4.78 is 1.27. The molecule has 0 spiro atoms. The number of carbonyl (C=O) groups is 2. The summed E-state index contributed by atoms with van der Waals surface area (Å²) in [5.74, 6) is -1.56. The number of benzene rings is 2. The fraction of sp³-hybridized carbons (Fsp3) is 0. The minimum absolute atomic E-state index is 0.111. The Kier molecular flexibility index (Phi) is 4.58. The van der Waals surface area contributed by atoms with E-state index >= 15 is 0 Å². The van der Waals surface area contributed by atoms with Gasteiger partial charge in [-0.25, -0.2) is 0 Å². The van der Waals surface area contributed by atoms with E-state index in [1.54, 1.807) is 36.4 Å². The summed E-state index contributed by atoms with van der Waals surface area (Å²) in [4.78, 5) is 27.9. The van der Waals surface area contributed by atoms with E-state index < -0.39 is 11.8 Å². The van der Waals surface area contributed by atoms with Crippen LogP contribution < -0.4 is 0 Å². The second-order valence-electron chi connectivity index (χ2n) is 6.12. The summed E-state index contributed by atoms with van der Waals surface area (Å²) in [5.41, 5.74) is 0.936. The van der Waals surface area contributed by atoms with E-state index in [-0.39, 0.29) is 22.9 Å². The first kappa shape index (κ1) is 18.1. The van der Waals surface area contributed by atoms with Crippen LogP contribution in [-0.2, 0) is 0 Å². The minimum atomic E-state index is -0.690. The fourth-order valence-corrected chi connectivity index (χ4v) is 2.91. The predicted octanol–water partition coefficient (Wildman–Crippen LogP) is 3.87. The van der Waals surface area contributed by atoms with Crippen molar-refractivity contribution in [3.05, 3.63) is 84.2 Å². The van der Waals surface area contributed by atoms with Crippen LogP contribution in [0.2, 0.25) is 0 Å². The zero-order valence-corrected chi connectivity index (χ0v) is 14.9. The topological polar surface area (TPSA) is 117 Å². The third-order valence-electron chi connectivity index (χ3n) is 4.36. The quantitative estimate of drug-likeness (QED) is 0.518. The average Bonchev–Trinajstić information content (AvgIpc) is 3.03. The molecule has 0 radical (unpaired) electrons. The third-order valence-corrected chi connectivity index (χ3v) is 4.36. The van der Waals surface area contributed by atoms with Gasteiger partial charge in [0, 0.05) is 34.3 Å². The number of hydrogen-bond donors (Lipinski definition) is 2. The van der Waals surface area contributed by atoms with Crippen LogP contribution in [0.1, 0.15) is 20.7 Å². The van der Waals surface area contributed by atoms with Gasteiger partial charge in [0.15, 0.2) is 0 Å². The number of rotatable bonds is 3. The number of carbonyl (C=O) groups excluding carboxylic acids is 2. The summed E-state index contributed by atoms with van der Waals surface area (Å²) in [6.07, 6.45) is 2.89. The van der Waals surface area contributed by atoms with Crippen molar-refractivity contribution >= 4 is 22.6 Å². The van der Waals surface area contributed by atoms with Gasteiger partial charge in [0.25, 0.3) is 11.8 Å². The van der Waals surface area contributed by atoms with Crippen molar-refractivity contribution in [3.63, 3.8) is 0 Å². The van der Waals surface area contributed by atoms with Crippen LogP contribution in [0.4, 0.5) is 0 Å². The molecule has 0 bridgehead atoms. The molecule has 0 saturated heterocycles. The van der Waals surface area contributed by atoms with Gasteiger partial charge < -0.3 is 10.2 Å². The van der Waals surface area contributed by atoms with Gasteiger partial charge in [0.1, 0.15) is 0 Å². The van der Waals surface area contributed by atoms with E-state index in [4.69, 9.17) is 0 Å². The molecule has 0 aliphatic rings. The molecule has 0 unspecified atom stereocenters. The van der Waals surface area contributed by atoms with Crippen molar-refractivity contribution in [2.75, 3.05) is 0 Å². The summed E-state index contributed by atoms with van der Waals surface area (Å²) in [6, 6.07) is 15.9. The molecule has 0 saturated carbocycles. The fourth-order valence-electron chi connectivity index (χ4n) is 2.91. The largest absolute Gasteiger partial charge is 0.494 e. The predicted molar refractivity (Wildman–Crippen MR) is 104 cm³/mol. The molecular weight excluding hydrogens is 372 g/mol. The molecule has 0 aliphatic heterocycles. The zero-order valence-electron chi connectivity index (χ0n) is 14.9. The first-order chi connectivity index (χ1) is 14.1. The minimum Gasteiger partial charge on any atom is -0.494 e. The van der Waals surface area contributed by atoms with Gasteiger partial charge in [-0.1, -0.05) is 12.1 Å². The van der Waals surface area contributed by atoms with Crippen molar-refractivity contribution in [1.82, 2.24) is 9.55 Å². The van der Waals surface area contributed by atoms with E-state index in [9.17, 15) is 19.8 Å². The smallest absolute Gasteiger partial charge is 0.295 e. The van der Waals surface area contributed by atoms with Gasteiger partial charge in [0.2, 0.25) is 11.8 Å². The van der Waals surface area contributed by atoms with Crippen LogP contribution in [-0.4, -0.2) is 31.6 Å². The van der Waals surface area contributed by atoms with Gasteiger partial charge in [-0.05, 0) is 48.5 Å². The summed E-state index contributed by atoms with van der Waals surface area (Å²) in [6.45, 7) is 0. The maximum absolute atomic E-state index is 12.2. The second-order valence-corrected chi connectivity index (χ2v) is 6.12. The lowest BCUT2D eigenvalue weighted by molar-refractivity contribution is 0.0947. The molecule has 0 fully saturated rings. The lowest BCUT2D eigenvalue weighted by Gasteiger charge is -2.07. The first-order valence-electron chi connectivity index (χ1n) is 8.58. The summed E-state index contributed by atoms with van der Waals surface area (Å²) in [7, 11) is 0. The van der Waals surface area contributed by atoms with Gasteiger partial charge in [0.05, 0.1) is 5.69 Å². The molecule has 0 atom stereocenters. The van der Waals surface area contributed by atoms with E-state index in [0.29, 0.717) is 16.5 Å². The number of pyridine rings is 1. The Morgan fingerprint density at radius 3 is 1.72 bits per heavy atom. The molecular formula is C21H14N4O4. The van der Waals surface area contributed by atoms with Gasteiger partial charge >= 0.3 is 0 Å². The second kappa shape index (κ2) is 7.35. The van der Waals surface area contributed by atoms with Crippen LogP contribution in [0.3, 0.4) is 0 Å². The van der Waals surface area contributed by atoms with Crippen molar-refractivity contribution in [2.45, 2.75) is 0 Å². The highest BCUT2D eigenvalue weighted by molar-refractivity contribution is 5.99. The maximum atomic E-state index is 12.2. The van der Waals surface area contributed by atoms with Crippen molar-refractivity contribution in [3.8, 4) is 17.4 Å². The van der Waals surface area contributed by atoms with Gasteiger partial charge in [-0.3, -0.25) is 19.1 Å². The Hall–Kier alpha value is -4.33. The number of azo groups is 1. The number of aromatic hydroxyl groups is 2. The van der Waals surface area contributed by atoms with Crippen LogP contribution in [0.25, 0.3) is 16.5 Å². The summed E-state index contributed by atoms with van der Waals surface area (Å²) in [5, 5.41) is 28.7. The Labute approximate surface area is 164 Å². The zero-order chi connectivity index (χ0) is 20.4. The Balaban J connectivity index is 1.58. The van der Waals surface area contributed by atoms with Gasteiger partial charge in [-0.2, -0.15) is 0 Å². The molecule has 2 amide bonds. The van der Waals surface area contributed by atoms with Crippen molar-refractivity contribution in [1.29, 1.82) is 0 Å². The first-order valence-corrected chi connectivity index (χ1v) is 8.58. The normalized spacial score (nSPS) is 11.2. The molecule has 4 rings (SSSR count). The van der Waals surface area contributed by atoms with Gasteiger partial charge in [-0.15, -0.1) is 10.2 Å². The van der Waals surface area contributed by atoms with E-state index in [1.165, 1.54) is 41.2 Å². The van der Waals surface area contributed by atoms with E-state index in [2.05, 4.69) is 15.2 Å². The number of fused-ring (bicyclic) bond motifs is 1. The van der Waals surface area contributed by atoms with Crippen molar-refractivity contribution < 1.29 is 19.8 Å². The average molecular weight is 386 g/mol. The molecule has 2 N–H and O–H groups in total. The highest BCUT2D eigenvalue weighted by Crippen LogP contribution is 2.38. The van der Waals surface area contributed by atoms with E-state index in [0.717, 1.165) is 0 Å². The SMILES string of the molecule is O=C(N=NC(=O)c1ccc(-n2c(O)c3ccccc3c2O)cc1)c1ccncc1. The lowest BCUT2D eigenvalue weighted by Crippen LogP contribution is -1.99.